The molecule has 2 N–H and O–H groups in total. The van der Waals surface area contributed by atoms with Crippen LogP contribution in [0.5, 0.6) is 0 Å². The molecule has 1 aliphatic heterocycles. The molecule has 0 spiro atoms. The van der Waals surface area contributed by atoms with Gasteiger partial charge in [0.1, 0.15) is 6.04 Å². The molecule has 21 heteroatoms. The Morgan fingerprint density at radius 3 is 2.50 bits per heavy atom. The molecule has 14 nitrogen and oxygen atoms in total. The monoisotopic (exact) mass is 689 g/mol. The van der Waals surface area contributed by atoms with E-state index in [9.17, 15) is 45.1 Å². The molecule has 0 bridgehead atoms. The number of amides is 2. The summed E-state index contributed by atoms with van der Waals surface area (Å²) in [7, 11) is 1.30. The van der Waals surface area contributed by atoms with Crippen LogP contribution in [-0.2, 0) is 24.7 Å². The van der Waals surface area contributed by atoms with Crippen LogP contribution in [0.15, 0.2) is 32.4 Å². The SMILES string of the molecule is Cn1c(C[C@]2(Cc3cnn4cc([C@@H](NC(=O)c5nonc5C(F)F)C5CCC(F)(F)CC5)nc4c3)C[C@@H](C(F)(F)F)NC2=O)noc1=O. The van der Waals surface area contributed by atoms with Crippen molar-refractivity contribution in [2.75, 3.05) is 0 Å². The van der Waals surface area contributed by atoms with Crippen LogP contribution in [0.25, 0.3) is 5.65 Å². The van der Waals surface area contributed by atoms with Crippen molar-refractivity contribution in [3.63, 3.8) is 0 Å². The second-order valence-electron chi connectivity index (χ2n) is 12.1. The number of carbonyl (C=O) groups excluding carboxylic acids is 2. The van der Waals surface area contributed by atoms with Gasteiger partial charge in [-0.3, -0.25) is 18.7 Å². The fourth-order valence-electron chi connectivity index (χ4n) is 6.29. The number of hydrogen-bond donors (Lipinski definition) is 2. The molecule has 4 aromatic rings. The summed E-state index contributed by atoms with van der Waals surface area (Å²) in [5.74, 6) is -6.48. The van der Waals surface area contributed by atoms with Gasteiger partial charge >= 0.3 is 11.9 Å². The van der Waals surface area contributed by atoms with Gasteiger partial charge in [0, 0.05) is 26.3 Å². The summed E-state index contributed by atoms with van der Waals surface area (Å²) in [5.41, 5.74) is -3.00. The minimum atomic E-state index is -4.76. The second-order valence-corrected chi connectivity index (χ2v) is 12.1. The molecule has 0 radical (unpaired) electrons. The molecule has 6 rings (SSSR count). The van der Waals surface area contributed by atoms with Gasteiger partial charge in [-0.1, -0.05) is 5.16 Å². The molecule has 258 valence electrons. The quantitative estimate of drug-likeness (QED) is 0.248. The lowest BCUT2D eigenvalue weighted by molar-refractivity contribution is -0.155. The van der Waals surface area contributed by atoms with Crippen molar-refractivity contribution in [2.45, 2.75) is 75.6 Å². The van der Waals surface area contributed by atoms with Crippen LogP contribution < -0.4 is 16.4 Å². The van der Waals surface area contributed by atoms with E-state index in [2.05, 4.69) is 40.0 Å². The summed E-state index contributed by atoms with van der Waals surface area (Å²) in [6.45, 7) is 0. The van der Waals surface area contributed by atoms with Gasteiger partial charge in [0.15, 0.2) is 17.2 Å². The van der Waals surface area contributed by atoms with Crippen molar-refractivity contribution in [1.29, 1.82) is 0 Å². The highest BCUT2D eigenvalue weighted by Crippen LogP contribution is 2.43. The third-order valence-corrected chi connectivity index (χ3v) is 8.88. The van der Waals surface area contributed by atoms with Crippen LogP contribution in [0.4, 0.5) is 30.7 Å². The minimum Gasteiger partial charge on any atom is -0.344 e. The van der Waals surface area contributed by atoms with Gasteiger partial charge in [0.25, 0.3) is 12.3 Å². The first kappa shape index (κ1) is 33.1. The number of nitrogens with zero attached hydrogens (tertiary/aromatic N) is 7. The number of nitrogens with one attached hydrogen (secondary N) is 2. The second kappa shape index (κ2) is 12.0. The van der Waals surface area contributed by atoms with E-state index in [1.807, 2.05) is 5.32 Å². The highest BCUT2D eigenvalue weighted by Gasteiger charge is 2.56. The topological polar surface area (TPSA) is 175 Å². The Kier molecular flexibility index (Phi) is 8.26. The lowest BCUT2D eigenvalue weighted by Crippen LogP contribution is -2.39. The first-order valence-electron chi connectivity index (χ1n) is 14.6. The molecule has 0 unspecified atom stereocenters. The van der Waals surface area contributed by atoms with E-state index in [1.54, 1.807) is 0 Å². The third kappa shape index (κ3) is 6.36. The zero-order chi connectivity index (χ0) is 34.6. The Morgan fingerprint density at radius 1 is 1.15 bits per heavy atom. The van der Waals surface area contributed by atoms with Gasteiger partial charge in [-0.25, -0.2) is 36.5 Å². The largest absolute Gasteiger partial charge is 0.441 e. The number of fused-ring (bicyclic) bond motifs is 1. The highest BCUT2D eigenvalue weighted by atomic mass is 19.4. The summed E-state index contributed by atoms with van der Waals surface area (Å²) < 4.78 is 107. The van der Waals surface area contributed by atoms with E-state index in [-0.39, 0.29) is 48.4 Å². The van der Waals surface area contributed by atoms with Crippen molar-refractivity contribution in [3.8, 4) is 0 Å². The summed E-state index contributed by atoms with van der Waals surface area (Å²) in [4.78, 5) is 42.5. The fourth-order valence-corrected chi connectivity index (χ4v) is 6.29. The Balaban J connectivity index is 1.32. The van der Waals surface area contributed by atoms with Crippen molar-refractivity contribution in [1.82, 2.24) is 45.3 Å². The van der Waals surface area contributed by atoms with Crippen LogP contribution >= 0.6 is 0 Å². The van der Waals surface area contributed by atoms with E-state index in [1.165, 1.54) is 30.0 Å². The predicted molar refractivity (Wildman–Crippen MR) is 144 cm³/mol. The molecule has 48 heavy (non-hydrogen) atoms. The van der Waals surface area contributed by atoms with E-state index in [0.29, 0.717) is 0 Å². The number of rotatable bonds is 9. The lowest BCUT2D eigenvalue weighted by Gasteiger charge is -2.33. The normalized spacial score (nSPS) is 22.4. The summed E-state index contributed by atoms with van der Waals surface area (Å²) in [5, 5.41) is 18.7. The van der Waals surface area contributed by atoms with E-state index in [4.69, 9.17) is 0 Å². The molecule has 3 atom stereocenters. The third-order valence-electron chi connectivity index (χ3n) is 8.88. The average Bonchev–Trinajstić information content (AvgIpc) is 3.80. The fraction of sp³-hybridized carbons (Fsp3) is 0.556. The number of hydrogen-bond acceptors (Lipinski definition) is 10. The molecule has 2 aliphatic rings. The maximum Gasteiger partial charge on any atom is 0.441 e. The number of alkyl halides is 7. The van der Waals surface area contributed by atoms with Crippen LogP contribution in [0.1, 0.15) is 77.8 Å². The van der Waals surface area contributed by atoms with Crippen molar-refractivity contribution < 1.29 is 49.5 Å². The van der Waals surface area contributed by atoms with Crippen molar-refractivity contribution in [2.24, 2.45) is 18.4 Å². The maximum absolute atomic E-state index is 14.0. The smallest absolute Gasteiger partial charge is 0.344 e. The standard InChI is InChI=1S/C27H26F7N9O5/c1-42-17(39-47-24(42)46)9-25(8-15(27(32,33)34)37-23(25)45)7-12-6-16-36-14(11-43(16)35-10-12)18(13-2-4-26(30,31)5-3-13)38-22(44)20-19(21(28)29)40-48-41-20/h6,10-11,13,15,18,21H,2-5,7-9H2,1H3,(H,37,45)(H,38,44)/t15-,18-,25-/m0/s1. The van der Waals surface area contributed by atoms with Gasteiger partial charge in [0.05, 0.1) is 29.5 Å². The zero-order valence-corrected chi connectivity index (χ0v) is 24.8. The first-order valence-corrected chi connectivity index (χ1v) is 14.6. The molecule has 1 saturated carbocycles. The van der Waals surface area contributed by atoms with Crippen molar-refractivity contribution >= 4 is 17.5 Å². The number of aromatic nitrogens is 7. The summed E-state index contributed by atoms with van der Waals surface area (Å²) in [6.07, 6.45) is -7.70. The van der Waals surface area contributed by atoms with Gasteiger partial charge < -0.3 is 10.6 Å². The van der Waals surface area contributed by atoms with Crippen LogP contribution in [0.2, 0.25) is 0 Å². The Labute approximate surface area is 264 Å². The lowest BCUT2D eigenvalue weighted by atomic mass is 9.76. The molecule has 1 aliphatic carbocycles. The van der Waals surface area contributed by atoms with Gasteiger partial charge in [0.2, 0.25) is 17.5 Å². The van der Waals surface area contributed by atoms with Crippen LogP contribution in [0.3, 0.4) is 0 Å². The van der Waals surface area contributed by atoms with Crippen molar-refractivity contribution in [3.05, 3.63) is 57.5 Å². The molecular formula is C27H26F7N9O5. The van der Waals surface area contributed by atoms with Gasteiger partial charge in [-0.2, -0.15) is 18.3 Å². The zero-order valence-electron chi connectivity index (χ0n) is 24.8. The van der Waals surface area contributed by atoms with Gasteiger partial charge in [-0.15, -0.1) is 0 Å². The highest BCUT2D eigenvalue weighted by molar-refractivity contribution is 5.93. The number of halogens is 7. The van der Waals surface area contributed by atoms with Crippen LogP contribution in [-0.4, -0.2) is 64.6 Å². The summed E-state index contributed by atoms with van der Waals surface area (Å²) in [6, 6.07) is -1.80. The Morgan fingerprint density at radius 2 is 1.88 bits per heavy atom. The van der Waals surface area contributed by atoms with E-state index in [0.717, 1.165) is 4.57 Å². The molecule has 0 aromatic carbocycles. The summed E-state index contributed by atoms with van der Waals surface area (Å²) >= 11 is 0. The molecular weight excluding hydrogens is 663 g/mol. The molecule has 4 aromatic heterocycles. The average molecular weight is 690 g/mol. The number of imidazole rings is 1. The molecule has 2 amide bonds. The minimum absolute atomic E-state index is 0.0498. The Bertz CT molecular complexity index is 1890. The molecule has 1 saturated heterocycles. The van der Waals surface area contributed by atoms with E-state index >= 15 is 0 Å². The maximum atomic E-state index is 14.0. The molecule has 2 fully saturated rings. The Hall–Kier alpha value is -4.85. The molecule has 5 heterocycles. The first-order chi connectivity index (χ1) is 22.5. The van der Waals surface area contributed by atoms with Crippen LogP contribution in [0, 0.1) is 11.3 Å². The number of carbonyl (C=O) groups is 2. The van der Waals surface area contributed by atoms with E-state index < -0.39 is 90.2 Å². The predicted octanol–water partition coefficient (Wildman–Crippen LogP) is 3.26. The van der Waals surface area contributed by atoms with Gasteiger partial charge in [-0.05, 0) is 53.5 Å².